The van der Waals surface area contributed by atoms with Gasteiger partial charge in [-0.15, -0.1) is 0 Å². The van der Waals surface area contributed by atoms with Gasteiger partial charge in [-0.3, -0.25) is 0 Å². The third-order valence-corrected chi connectivity index (χ3v) is 2.02. The van der Waals surface area contributed by atoms with Crippen LogP contribution in [0, 0.1) is 6.92 Å². The van der Waals surface area contributed by atoms with E-state index in [0.29, 0.717) is 6.42 Å². The second kappa shape index (κ2) is 4.61. The average Bonchev–Trinajstić information content (AvgIpc) is 2.15. The molecule has 0 saturated heterocycles. The number of aldehydes is 1. The van der Waals surface area contributed by atoms with Crippen LogP contribution in [0.1, 0.15) is 24.0 Å². The first kappa shape index (κ1) is 9.72. The summed E-state index contributed by atoms with van der Waals surface area (Å²) in [6.07, 6.45) is 2.25. The van der Waals surface area contributed by atoms with E-state index in [2.05, 4.69) is 25.6 Å². The second-order valence-electron chi connectivity index (χ2n) is 3.17. The molecule has 0 atom stereocenters. The van der Waals surface area contributed by atoms with Crippen LogP contribution >= 0.6 is 0 Å². The van der Waals surface area contributed by atoms with E-state index in [-0.39, 0.29) is 0 Å². The lowest BCUT2D eigenvalue weighted by Gasteiger charge is -2.03. The van der Waals surface area contributed by atoms with Crippen LogP contribution in [-0.4, -0.2) is 6.29 Å². The highest BCUT2D eigenvalue weighted by Crippen LogP contribution is 2.17. The Morgan fingerprint density at radius 2 is 2.00 bits per heavy atom. The molecule has 0 heterocycles. The molecule has 0 aliphatic rings. The molecule has 0 aliphatic carbocycles. The van der Waals surface area contributed by atoms with Crippen molar-refractivity contribution in [1.82, 2.24) is 0 Å². The van der Waals surface area contributed by atoms with Crippen LogP contribution in [0.5, 0.6) is 0 Å². The first-order valence-electron chi connectivity index (χ1n) is 4.42. The van der Waals surface area contributed by atoms with Crippen molar-refractivity contribution < 1.29 is 4.79 Å². The Labute approximate surface area is 79.1 Å². The third-order valence-electron chi connectivity index (χ3n) is 2.02. The molecule has 0 aliphatic heterocycles. The smallest absolute Gasteiger partial charge is 0.120 e. The lowest BCUT2D eigenvalue weighted by atomic mass is 10.0. The summed E-state index contributed by atoms with van der Waals surface area (Å²) in [4.78, 5) is 10.2. The van der Waals surface area contributed by atoms with E-state index < -0.39 is 0 Å². The van der Waals surface area contributed by atoms with Crippen molar-refractivity contribution in [3.8, 4) is 0 Å². The highest BCUT2D eigenvalue weighted by molar-refractivity contribution is 5.66. The van der Waals surface area contributed by atoms with Crippen LogP contribution in [0.4, 0.5) is 0 Å². The normalized spacial score (nSPS) is 9.62. The fourth-order valence-electron chi connectivity index (χ4n) is 1.17. The van der Waals surface area contributed by atoms with Crippen LogP contribution in [-0.2, 0) is 4.79 Å². The minimum atomic E-state index is 0.562. The average molecular weight is 174 g/mol. The third kappa shape index (κ3) is 2.86. The Balaban J connectivity index is 2.66. The molecule has 68 valence electrons. The van der Waals surface area contributed by atoms with E-state index in [9.17, 15) is 4.79 Å². The second-order valence-corrected chi connectivity index (χ2v) is 3.17. The highest BCUT2D eigenvalue weighted by Gasteiger charge is 1.97. The summed E-state index contributed by atoms with van der Waals surface area (Å²) >= 11 is 0. The molecule has 0 bridgehead atoms. The maximum absolute atomic E-state index is 10.2. The van der Waals surface area contributed by atoms with Gasteiger partial charge < -0.3 is 4.79 Å². The molecule has 1 aromatic rings. The van der Waals surface area contributed by atoms with Crippen LogP contribution < -0.4 is 0 Å². The molecule has 0 radical (unpaired) electrons. The molecular formula is C12H14O. The predicted molar refractivity (Wildman–Crippen MR) is 55.5 cm³/mol. The number of benzene rings is 1. The molecule has 0 fully saturated rings. The first-order valence-corrected chi connectivity index (χ1v) is 4.42. The molecule has 0 N–H and O–H groups in total. The zero-order valence-electron chi connectivity index (χ0n) is 7.92. The molecule has 1 nitrogen and oxygen atoms in total. The topological polar surface area (TPSA) is 17.1 Å². The fraction of sp³-hybridized carbons (Fsp3) is 0.250. The molecule has 1 heteroatoms. The Morgan fingerprint density at radius 1 is 1.38 bits per heavy atom. The van der Waals surface area contributed by atoms with E-state index in [1.807, 2.05) is 12.1 Å². The number of aryl methyl sites for hydroxylation is 1. The van der Waals surface area contributed by atoms with Crippen molar-refractivity contribution in [1.29, 1.82) is 0 Å². The molecule has 1 rings (SSSR count). The summed E-state index contributed by atoms with van der Waals surface area (Å²) in [5.74, 6) is 0. The fourth-order valence-corrected chi connectivity index (χ4v) is 1.17. The predicted octanol–water partition coefficient (Wildman–Crippen LogP) is 2.99. The van der Waals surface area contributed by atoms with Gasteiger partial charge in [0, 0.05) is 6.42 Å². The van der Waals surface area contributed by atoms with Gasteiger partial charge in [-0.05, 0) is 24.5 Å². The van der Waals surface area contributed by atoms with Gasteiger partial charge in [0.1, 0.15) is 6.29 Å². The van der Waals surface area contributed by atoms with E-state index in [0.717, 1.165) is 23.8 Å². The van der Waals surface area contributed by atoms with Crippen molar-refractivity contribution in [2.24, 2.45) is 0 Å². The van der Waals surface area contributed by atoms with Crippen LogP contribution in [0.25, 0.3) is 5.57 Å². The summed E-state index contributed by atoms with van der Waals surface area (Å²) in [6.45, 7) is 5.99. The number of carbonyl (C=O) groups excluding carboxylic acids is 1. The summed E-state index contributed by atoms with van der Waals surface area (Å²) < 4.78 is 0. The van der Waals surface area contributed by atoms with E-state index in [1.165, 1.54) is 5.56 Å². The van der Waals surface area contributed by atoms with Crippen molar-refractivity contribution in [3.63, 3.8) is 0 Å². The van der Waals surface area contributed by atoms with Gasteiger partial charge in [0.2, 0.25) is 0 Å². The molecule has 0 aromatic heterocycles. The lowest BCUT2D eigenvalue weighted by Crippen LogP contribution is -1.84. The standard InChI is InChI=1S/C12H14O/c1-10-5-7-12(8-6-10)11(2)4-3-9-13/h5-9H,2-4H2,1H3. The van der Waals surface area contributed by atoms with Crippen molar-refractivity contribution in [2.75, 3.05) is 0 Å². The van der Waals surface area contributed by atoms with E-state index in [4.69, 9.17) is 0 Å². The molecule has 1 aromatic carbocycles. The Hall–Kier alpha value is -1.37. The molecule has 0 unspecified atom stereocenters. The minimum Gasteiger partial charge on any atom is -0.303 e. The zero-order valence-corrected chi connectivity index (χ0v) is 7.92. The van der Waals surface area contributed by atoms with Gasteiger partial charge in [0.05, 0.1) is 0 Å². The minimum absolute atomic E-state index is 0.562. The highest BCUT2D eigenvalue weighted by atomic mass is 16.1. The molecule has 0 amide bonds. The summed E-state index contributed by atoms with van der Waals surface area (Å²) in [5, 5.41) is 0. The maximum atomic E-state index is 10.2. The van der Waals surface area contributed by atoms with Gasteiger partial charge in [-0.2, -0.15) is 0 Å². The summed E-state index contributed by atoms with van der Waals surface area (Å²) in [5.41, 5.74) is 3.41. The van der Waals surface area contributed by atoms with Gasteiger partial charge >= 0.3 is 0 Å². The number of hydrogen-bond acceptors (Lipinski definition) is 1. The van der Waals surface area contributed by atoms with Gasteiger partial charge in [0.25, 0.3) is 0 Å². The number of allylic oxidation sites excluding steroid dienone is 1. The quantitative estimate of drug-likeness (QED) is 0.641. The van der Waals surface area contributed by atoms with Crippen molar-refractivity contribution >= 4 is 11.9 Å². The van der Waals surface area contributed by atoms with Crippen LogP contribution in [0.2, 0.25) is 0 Å². The summed E-state index contributed by atoms with van der Waals surface area (Å²) in [7, 11) is 0. The molecular weight excluding hydrogens is 160 g/mol. The molecule has 13 heavy (non-hydrogen) atoms. The molecule has 0 spiro atoms. The first-order chi connectivity index (χ1) is 6.24. The van der Waals surface area contributed by atoms with Crippen LogP contribution in [0.15, 0.2) is 30.8 Å². The van der Waals surface area contributed by atoms with Crippen LogP contribution in [0.3, 0.4) is 0 Å². The molecule has 0 saturated carbocycles. The van der Waals surface area contributed by atoms with E-state index in [1.54, 1.807) is 0 Å². The Morgan fingerprint density at radius 3 is 2.54 bits per heavy atom. The number of carbonyl (C=O) groups is 1. The Bertz CT molecular complexity index is 295. The lowest BCUT2D eigenvalue weighted by molar-refractivity contribution is -0.107. The number of rotatable bonds is 4. The summed E-state index contributed by atoms with van der Waals surface area (Å²) in [6, 6.07) is 8.20. The van der Waals surface area contributed by atoms with E-state index >= 15 is 0 Å². The maximum Gasteiger partial charge on any atom is 0.120 e. The van der Waals surface area contributed by atoms with Crippen molar-refractivity contribution in [2.45, 2.75) is 19.8 Å². The number of hydrogen-bond donors (Lipinski definition) is 0. The van der Waals surface area contributed by atoms with Crippen molar-refractivity contribution in [3.05, 3.63) is 42.0 Å². The Kier molecular flexibility index (Phi) is 3.44. The zero-order chi connectivity index (χ0) is 9.68. The monoisotopic (exact) mass is 174 g/mol. The van der Waals surface area contributed by atoms with Gasteiger partial charge in [-0.25, -0.2) is 0 Å². The van der Waals surface area contributed by atoms with Gasteiger partial charge in [-0.1, -0.05) is 36.4 Å². The SMILES string of the molecule is C=C(CCC=O)c1ccc(C)cc1. The van der Waals surface area contributed by atoms with Gasteiger partial charge in [0.15, 0.2) is 0 Å². The largest absolute Gasteiger partial charge is 0.303 e.